The van der Waals surface area contributed by atoms with Gasteiger partial charge in [-0.05, 0) is 31.9 Å². The number of carbonyl (C=O) groups is 2. The van der Waals surface area contributed by atoms with Gasteiger partial charge in [0.15, 0.2) is 6.10 Å². The number of benzene rings is 1. The number of rotatable bonds is 4. The zero-order valence-corrected chi connectivity index (χ0v) is 13.4. The molecule has 0 bridgehead atoms. The van der Waals surface area contributed by atoms with Crippen molar-refractivity contribution < 1.29 is 14.3 Å². The van der Waals surface area contributed by atoms with E-state index in [1.54, 1.807) is 31.2 Å². The topological polar surface area (TPSA) is 67.4 Å². The summed E-state index contributed by atoms with van der Waals surface area (Å²) in [5.41, 5.74) is 0. The van der Waals surface area contributed by atoms with Gasteiger partial charge >= 0.3 is 6.03 Å². The summed E-state index contributed by atoms with van der Waals surface area (Å²) < 4.78 is 5.47. The molecule has 1 aromatic rings. The minimum atomic E-state index is -0.808. The first-order valence-corrected chi connectivity index (χ1v) is 7.96. The van der Waals surface area contributed by atoms with Crippen molar-refractivity contribution in [2.75, 3.05) is 0 Å². The van der Waals surface area contributed by atoms with E-state index in [1.165, 1.54) is 6.42 Å². The molecular weight excluding hydrogens is 304 g/mol. The molecule has 2 rings (SSSR count). The first-order chi connectivity index (χ1) is 10.6. The number of urea groups is 1. The third kappa shape index (κ3) is 4.91. The van der Waals surface area contributed by atoms with Crippen molar-refractivity contribution >= 4 is 23.5 Å². The first kappa shape index (κ1) is 16.6. The zero-order chi connectivity index (χ0) is 15.9. The molecule has 5 nitrogen and oxygen atoms in total. The second-order valence-electron chi connectivity index (χ2n) is 5.49. The predicted octanol–water partition coefficient (Wildman–Crippen LogP) is 3.27. The minimum absolute atomic E-state index is 0.154. The van der Waals surface area contributed by atoms with Crippen LogP contribution in [0.15, 0.2) is 24.3 Å². The van der Waals surface area contributed by atoms with Crippen LogP contribution in [-0.4, -0.2) is 24.1 Å². The summed E-state index contributed by atoms with van der Waals surface area (Å²) in [6.07, 6.45) is 4.56. The van der Waals surface area contributed by atoms with Gasteiger partial charge in [-0.1, -0.05) is 43.0 Å². The lowest BCUT2D eigenvalue weighted by Gasteiger charge is -2.23. The van der Waals surface area contributed by atoms with Crippen LogP contribution in [0, 0.1) is 0 Å². The molecule has 120 valence electrons. The van der Waals surface area contributed by atoms with Crippen LogP contribution in [0.4, 0.5) is 4.79 Å². The Labute approximate surface area is 135 Å². The van der Waals surface area contributed by atoms with E-state index in [0.29, 0.717) is 10.8 Å². The smallest absolute Gasteiger partial charge is 0.321 e. The molecule has 0 radical (unpaired) electrons. The van der Waals surface area contributed by atoms with Crippen molar-refractivity contribution in [2.24, 2.45) is 0 Å². The van der Waals surface area contributed by atoms with Crippen molar-refractivity contribution in [1.29, 1.82) is 0 Å². The van der Waals surface area contributed by atoms with E-state index in [2.05, 4.69) is 10.6 Å². The molecule has 0 unspecified atom stereocenters. The number of nitrogens with one attached hydrogen (secondary N) is 2. The fourth-order valence-corrected chi connectivity index (χ4v) is 2.65. The lowest BCUT2D eigenvalue weighted by atomic mass is 9.96. The number of halogens is 1. The molecule has 1 aliphatic carbocycles. The summed E-state index contributed by atoms with van der Waals surface area (Å²) in [4.78, 5) is 23.8. The Bertz CT molecular complexity index is 530. The second kappa shape index (κ2) is 8.03. The van der Waals surface area contributed by atoms with Crippen molar-refractivity contribution in [3.05, 3.63) is 29.3 Å². The van der Waals surface area contributed by atoms with Gasteiger partial charge in [-0.3, -0.25) is 10.1 Å². The number of para-hydroxylation sites is 1. The van der Waals surface area contributed by atoms with Gasteiger partial charge in [-0.25, -0.2) is 4.79 Å². The second-order valence-corrected chi connectivity index (χ2v) is 5.90. The Morgan fingerprint density at radius 1 is 1.23 bits per heavy atom. The third-order valence-electron chi connectivity index (χ3n) is 3.69. The average molecular weight is 325 g/mol. The molecule has 22 heavy (non-hydrogen) atoms. The van der Waals surface area contributed by atoms with E-state index < -0.39 is 18.0 Å². The summed E-state index contributed by atoms with van der Waals surface area (Å²) in [5, 5.41) is 5.56. The summed E-state index contributed by atoms with van der Waals surface area (Å²) in [6, 6.07) is 6.58. The first-order valence-electron chi connectivity index (χ1n) is 7.59. The quantitative estimate of drug-likeness (QED) is 0.893. The van der Waals surface area contributed by atoms with Crippen LogP contribution in [0.5, 0.6) is 5.75 Å². The van der Waals surface area contributed by atoms with Crippen LogP contribution < -0.4 is 15.4 Å². The predicted molar refractivity (Wildman–Crippen MR) is 85.1 cm³/mol. The summed E-state index contributed by atoms with van der Waals surface area (Å²) >= 11 is 5.97. The highest BCUT2D eigenvalue weighted by molar-refractivity contribution is 6.32. The number of hydrogen-bond acceptors (Lipinski definition) is 3. The normalized spacial score (nSPS) is 16.6. The molecule has 2 N–H and O–H groups in total. The fraction of sp³-hybridized carbons (Fsp3) is 0.500. The van der Waals surface area contributed by atoms with Gasteiger partial charge in [0.05, 0.1) is 5.02 Å². The van der Waals surface area contributed by atoms with E-state index in [0.717, 1.165) is 25.7 Å². The van der Waals surface area contributed by atoms with E-state index in [-0.39, 0.29) is 6.04 Å². The van der Waals surface area contributed by atoms with Gasteiger partial charge < -0.3 is 10.1 Å². The Morgan fingerprint density at radius 2 is 1.91 bits per heavy atom. The van der Waals surface area contributed by atoms with Crippen molar-refractivity contribution in [1.82, 2.24) is 10.6 Å². The molecule has 0 aliphatic heterocycles. The standard InChI is InChI=1S/C16H21ClN2O3/c1-11(22-14-10-6-5-9-13(14)17)15(20)19-16(21)18-12-7-3-2-4-8-12/h5-6,9-12H,2-4,7-8H2,1H3,(H2,18,19,20,21)/t11-/m0/s1. The van der Waals surface area contributed by atoms with Crippen molar-refractivity contribution in [3.63, 3.8) is 0 Å². The lowest BCUT2D eigenvalue weighted by molar-refractivity contribution is -0.126. The van der Waals surface area contributed by atoms with Gasteiger partial charge in [-0.2, -0.15) is 0 Å². The van der Waals surface area contributed by atoms with Gasteiger partial charge in [0.1, 0.15) is 5.75 Å². The Balaban J connectivity index is 1.80. The third-order valence-corrected chi connectivity index (χ3v) is 4.00. The highest BCUT2D eigenvalue weighted by atomic mass is 35.5. The van der Waals surface area contributed by atoms with Crippen LogP contribution >= 0.6 is 11.6 Å². The number of amides is 3. The van der Waals surface area contributed by atoms with Crippen molar-refractivity contribution in [2.45, 2.75) is 51.2 Å². The van der Waals surface area contributed by atoms with Crippen LogP contribution in [-0.2, 0) is 4.79 Å². The highest BCUT2D eigenvalue weighted by Gasteiger charge is 2.21. The van der Waals surface area contributed by atoms with Gasteiger partial charge in [0.25, 0.3) is 5.91 Å². The number of hydrogen-bond donors (Lipinski definition) is 2. The fourth-order valence-electron chi connectivity index (χ4n) is 2.47. The molecule has 0 saturated heterocycles. The lowest BCUT2D eigenvalue weighted by Crippen LogP contribution is -2.48. The van der Waals surface area contributed by atoms with E-state index in [9.17, 15) is 9.59 Å². The maximum atomic E-state index is 12.0. The number of imide groups is 1. The molecule has 1 saturated carbocycles. The van der Waals surface area contributed by atoms with Gasteiger partial charge in [0, 0.05) is 6.04 Å². The molecule has 1 aromatic carbocycles. The molecule has 0 spiro atoms. The Kier molecular flexibility index (Phi) is 6.07. The molecular formula is C16H21ClN2O3. The summed E-state index contributed by atoms with van der Waals surface area (Å²) in [5.74, 6) is -0.0762. The molecule has 1 fully saturated rings. The zero-order valence-electron chi connectivity index (χ0n) is 12.6. The maximum absolute atomic E-state index is 12.0. The summed E-state index contributed by atoms with van der Waals surface area (Å²) in [6.45, 7) is 1.58. The SMILES string of the molecule is C[C@H](Oc1ccccc1Cl)C(=O)NC(=O)NC1CCCCC1. The molecule has 1 aliphatic rings. The largest absolute Gasteiger partial charge is 0.479 e. The van der Waals surface area contributed by atoms with Gasteiger partial charge in [-0.15, -0.1) is 0 Å². The van der Waals surface area contributed by atoms with Crippen molar-refractivity contribution in [3.8, 4) is 5.75 Å². The van der Waals surface area contributed by atoms with Crippen LogP contribution in [0.2, 0.25) is 5.02 Å². The molecule has 0 aromatic heterocycles. The van der Waals surface area contributed by atoms with E-state index in [1.807, 2.05) is 0 Å². The van der Waals surface area contributed by atoms with Gasteiger partial charge in [0.2, 0.25) is 0 Å². The van der Waals surface area contributed by atoms with Crippen LogP contribution in [0.3, 0.4) is 0 Å². The van der Waals surface area contributed by atoms with E-state index >= 15 is 0 Å². The highest BCUT2D eigenvalue weighted by Crippen LogP contribution is 2.24. The molecule has 3 amide bonds. The monoisotopic (exact) mass is 324 g/mol. The van der Waals surface area contributed by atoms with Crippen LogP contribution in [0.1, 0.15) is 39.0 Å². The minimum Gasteiger partial charge on any atom is -0.479 e. The van der Waals surface area contributed by atoms with E-state index in [4.69, 9.17) is 16.3 Å². The Morgan fingerprint density at radius 3 is 2.59 bits per heavy atom. The average Bonchev–Trinajstić information content (AvgIpc) is 2.50. The molecule has 6 heteroatoms. The molecule has 1 atom stereocenters. The molecule has 0 heterocycles. The maximum Gasteiger partial charge on any atom is 0.321 e. The van der Waals surface area contributed by atoms with Crippen LogP contribution in [0.25, 0.3) is 0 Å². The number of ether oxygens (including phenoxy) is 1. The Hall–Kier alpha value is -1.75. The summed E-state index contributed by atoms with van der Waals surface area (Å²) in [7, 11) is 0. The number of carbonyl (C=O) groups excluding carboxylic acids is 2.